The maximum absolute atomic E-state index is 12.3. The number of barbiturate groups is 1. The van der Waals surface area contributed by atoms with E-state index in [4.69, 9.17) is 0 Å². The standard InChI is InChI=1S/C17H20N2O3/c1-3-18-15(20)14(16(21)19(4-2)17(18)22)12-8-11-13-9-6-5-7-10-13/h5-7,9-10,12H,3-4,8,11H2,1-2H3. The molecule has 5 heteroatoms. The number of amides is 4. The minimum atomic E-state index is -0.528. The van der Waals surface area contributed by atoms with Crippen LogP contribution in [0.2, 0.25) is 0 Å². The van der Waals surface area contributed by atoms with Crippen LogP contribution in [0, 0.1) is 0 Å². The van der Waals surface area contributed by atoms with Crippen molar-refractivity contribution in [2.75, 3.05) is 13.1 Å². The van der Waals surface area contributed by atoms with Gasteiger partial charge < -0.3 is 0 Å². The second-order valence-electron chi connectivity index (χ2n) is 5.02. The van der Waals surface area contributed by atoms with Gasteiger partial charge in [0.05, 0.1) is 0 Å². The van der Waals surface area contributed by atoms with Gasteiger partial charge in [0.1, 0.15) is 5.57 Å². The number of allylic oxidation sites excluding steroid dienone is 1. The Kier molecular flexibility index (Phi) is 5.09. The number of carbonyl (C=O) groups is 3. The van der Waals surface area contributed by atoms with E-state index in [0.29, 0.717) is 6.42 Å². The Morgan fingerprint density at radius 1 is 0.909 bits per heavy atom. The lowest BCUT2D eigenvalue weighted by atomic mass is 10.1. The van der Waals surface area contributed by atoms with Gasteiger partial charge in [-0.05, 0) is 32.3 Å². The summed E-state index contributed by atoms with van der Waals surface area (Å²) >= 11 is 0. The first kappa shape index (κ1) is 15.9. The number of rotatable bonds is 5. The first-order valence-corrected chi connectivity index (χ1v) is 7.51. The molecule has 5 nitrogen and oxygen atoms in total. The number of aryl methyl sites for hydroxylation is 1. The lowest BCUT2D eigenvalue weighted by molar-refractivity contribution is -0.135. The average Bonchev–Trinajstić information content (AvgIpc) is 2.52. The summed E-state index contributed by atoms with van der Waals surface area (Å²) in [5.41, 5.74) is 1.24. The van der Waals surface area contributed by atoms with Crippen LogP contribution in [-0.4, -0.2) is 40.7 Å². The highest BCUT2D eigenvalue weighted by Crippen LogP contribution is 2.18. The normalized spacial score (nSPS) is 15.5. The van der Waals surface area contributed by atoms with Crippen molar-refractivity contribution < 1.29 is 14.4 Å². The summed E-state index contributed by atoms with van der Waals surface area (Å²) < 4.78 is 0. The zero-order valence-corrected chi connectivity index (χ0v) is 12.9. The van der Waals surface area contributed by atoms with Gasteiger partial charge in [-0.25, -0.2) is 4.79 Å². The zero-order valence-electron chi connectivity index (χ0n) is 12.9. The summed E-state index contributed by atoms with van der Waals surface area (Å²) in [6.45, 7) is 3.97. The van der Waals surface area contributed by atoms with Gasteiger partial charge in [0.15, 0.2) is 0 Å². The summed E-state index contributed by atoms with van der Waals surface area (Å²) in [5, 5.41) is 0. The molecule has 0 saturated carbocycles. The molecule has 0 aromatic heterocycles. The third-order valence-corrected chi connectivity index (χ3v) is 3.67. The van der Waals surface area contributed by atoms with Crippen LogP contribution in [0.25, 0.3) is 0 Å². The largest absolute Gasteiger partial charge is 0.333 e. The molecule has 116 valence electrons. The Bertz CT molecular complexity index is 580. The molecule has 1 heterocycles. The fourth-order valence-corrected chi connectivity index (χ4v) is 2.46. The Labute approximate surface area is 130 Å². The Morgan fingerprint density at radius 2 is 1.45 bits per heavy atom. The number of carbonyl (C=O) groups excluding carboxylic acids is 3. The van der Waals surface area contributed by atoms with Crippen LogP contribution in [0.4, 0.5) is 4.79 Å². The van der Waals surface area contributed by atoms with Gasteiger partial charge >= 0.3 is 6.03 Å². The number of hydrogen-bond acceptors (Lipinski definition) is 3. The van der Waals surface area contributed by atoms with Crippen molar-refractivity contribution >= 4 is 17.8 Å². The molecular weight excluding hydrogens is 280 g/mol. The summed E-state index contributed by atoms with van der Waals surface area (Å²) in [7, 11) is 0. The van der Waals surface area contributed by atoms with Crippen molar-refractivity contribution in [3.8, 4) is 0 Å². The van der Waals surface area contributed by atoms with Crippen molar-refractivity contribution in [2.24, 2.45) is 0 Å². The zero-order chi connectivity index (χ0) is 16.1. The molecule has 0 unspecified atom stereocenters. The van der Waals surface area contributed by atoms with Gasteiger partial charge in [0.2, 0.25) is 0 Å². The van der Waals surface area contributed by atoms with Gasteiger partial charge in [-0.3, -0.25) is 19.4 Å². The summed E-state index contributed by atoms with van der Waals surface area (Å²) in [6.07, 6.45) is 2.98. The molecule has 22 heavy (non-hydrogen) atoms. The van der Waals surface area contributed by atoms with Gasteiger partial charge in [-0.1, -0.05) is 36.4 Å². The van der Waals surface area contributed by atoms with Gasteiger partial charge in [-0.15, -0.1) is 0 Å². The lowest BCUT2D eigenvalue weighted by Crippen LogP contribution is -2.56. The molecule has 1 aromatic carbocycles. The molecular formula is C17H20N2O3. The number of hydrogen-bond donors (Lipinski definition) is 0. The fraction of sp³-hybridized carbons (Fsp3) is 0.353. The Morgan fingerprint density at radius 3 is 1.95 bits per heavy atom. The van der Waals surface area contributed by atoms with E-state index in [1.54, 1.807) is 19.9 Å². The quantitative estimate of drug-likeness (QED) is 0.619. The number of urea groups is 1. The molecule has 0 spiro atoms. The maximum atomic E-state index is 12.3. The first-order chi connectivity index (χ1) is 10.6. The third-order valence-electron chi connectivity index (χ3n) is 3.67. The van der Waals surface area contributed by atoms with Gasteiger partial charge in [0.25, 0.3) is 11.8 Å². The molecule has 0 atom stereocenters. The van der Waals surface area contributed by atoms with E-state index >= 15 is 0 Å². The van der Waals surface area contributed by atoms with Crippen LogP contribution in [0.5, 0.6) is 0 Å². The van der Waals surface area contributed by atoms with E-state index in [-0.39, 0.29) is 18.7 Å². The summed E-state index contributed by atoms with van der Waals surface area (Å²) in [6, 6.07) is 9.33. The number of imide groups is 2. The number of benzene rings is 1. The molecule has 1 fully saturated rings. The highest BCUT2D eigenvalue weighted by atomic mass is 16.2. The SMILES string of the molecule is CCN1C(=O)C(=CCCc2ccccc2)C(=O)N(CC)C1=O. The van der Waals surface area contributed by atoms with Crippen molar-refractivity contribution in [2.45, 2.75) is 26.7 Å². The molecule has 0 radical (unpaired) electrons. The second kappa shape index (κ2) is 7.02. The molecule has 0 bridgehead atoms. The van der Waals surface area contributed by atoms with Crippen molar-refractivity contribution in [3.05, 3.63) is 47.5 Å². The smallest absolute Gasteiger partial charge is 0.268 e. The number of nitrogens with zero attached hydrogens (tertiary/aromatic N) is 2. The van der Waals surface area contributed by atoms with Crippen LogP contribution in [0.1, 0.15) is 25.8 Å². The van der Waals surface area contributed by atoms with E-state index in [2.05, 4.69) is 0 Å². The van der Waals surface area contributed by atoms with E-state index in [1.807, 2.05) is 30.3 Å². The minimum Gasteiger partial charge on any atom is -0.268 e. The van der Waals surface area contributed by atoms with E-state index in [1.165, 1.54) is 0 Å². The maximum Gasteiger partial charge on any atom is 0.333 e. The molecule has 1 aliphatic rings. The van der Waals surface area contributed by atoms with Crippen LogP contribution < -0.4 is 0 Å². The molecule has 0 aliphatic carbocycles. The molecule has 0 N–H and O–H groups in total. The number of likely N-dealkylation sites (N-methyl/N-ethyl adjacent to an activating group) is 2. The lowest BCUT2D eigenvalue weighted by Gasteiger charge is -2.32. The van der Waals surface area contributed by atoms with Gasteiger partial charge in [0, 0.05) is 13.1 Å². The molecule has 1 aliphatic heterocycles. The monoisotopic (exact) mass is 300 g/mol. The van der Waals surface area contributed by atoms with Crippen molar-refractivity contribution in [3.63, 3.8) is 0 Å². The molecule has 4 amide bonds. The predicted octanol–water partition coefficient (Wildman–Crippen LogP) is 2.38. The highest BCUT2D eigenvalue weighted by molar-refractivity contribution is 6.28. The van der Waals surface area contributed by atoms with Gasteiger partial charge in [-0.2, -0.15) is 0 Å². The topological polar surface area (TPSA) is 57.7 Å². The second-order valence-corrected chi connectivity index (χ2v) is 5.02. The molecule has 1 saturated heterocycles. The Hall–Kier alpha value is -2.43. The minimum absolute atomic E-state index is 0.0965. The summed E-state index contributed by atoms with van der Waals surface area (Å²) in [5.74, 6) is -0.981. The first-order valence-electron chi connectivity index (χ1n) is 7.51. The molecule has 1 aromatic rings. The van der Waals surface area contributed by atoms with Crippen LogP contribution in [-0.2, 0) is 16.0 Å². The third kappa shape index (κ3) is 3.08. The average molecular weight is 300 g/mol. The fourth-order valence-electron chi connectivity index (χ4n) is 2.46. The van der Waals surface area contributed by atoms with E-state index < -0.39 is 17.8 Å². The van der Waals surface area contributed by atoms with E-state index in [0.717, 1.165) is 21.8 Å². The Balaban J connectivity index is 2.16. The van der Waals surface area contributed by atoms with Crippen molar-refractivity contribution in [1.82, 2.24) is 9.80 Å². The van der Waals surface area contributed by atoms with Crippen LogP contribution in [0.3, 0.4) is 0 Å². The van der Waals surface area contributed by atoms with E-state index in [9.17, 15) is 14.4 Å². The van der Waals surface area contributed by atoms with Crippen molar-refractivity contribution in [1.29, 1.82) is 0 Å². The van der Waals surface area contributed by atoms with Crippen LogP contribution >= 0.6 is 0 Å². The molecule has 2 rings (SSSR count). The van der Waals surface area contributed by atoms with Crippen LogP contribution in [0.15, 0.2) is 42.0 Å². The predicted molar refractivity (Wildman–Crippen MR) is 83.0 cm³/mol. The highest BCUT2D eigenvalue weighted by Gasteiger charge is 2.39. The summed E-state index contributed by atoms with van der Waals surface area (Å²) in [4.78, 5) is 38.8.